The van der Waals surface area contributed by atoms with Crippen LogP contribution in [0, 0.1) is 6.92 Å². The number of nitrogens with one attached hydrogen (secondary N) is 1. The number of aryl methyl sites for hydroxylation is 1. The summed E-state index contributed by atoms with van der Waals surface area (Å²) in [4.78, 5) is 32.6. The molecule has 1 atom stereocenters. The minimum Gasteiger partial charge on any atom is -0.454 e. The summed E-state index contributed by atoms with van der Waals surface area (Å²) in [5, 5.41) is 3.28. The summed E-state index contributed by atoms with van der Waals surface area (Å²) in [7, 11) is 0. The second-order valence-corrected chi connectivity index (χ2v) is 9.82. The van der Waals surface area contributed by atoms with E-state index in [0.29, 0.717) is 33.1 Å². The molecule has 9 heteroatoms. The van der Waals surface area contributed by atoms with Crippen molar-refractivity contribution in [1.82, 2.24) is 4.90 Å². The fraction of sp³-hybridized carbons (Fsp3) is 0.192. The summed E-state index contributed by atoms with van der Waals surface area (Å²) in [5.74, 6) is 0.888. The third kappa shape index (κ3) is 5.44. The molecule has 0 spiro atoms. The van der Waals surface area contributed by atoms with Gasteiger partial charge in [0.25, 0.3) is 0 Å². The van der Waals surface area contributed by atoms with Gasteiger partial charge in [-0.05, 0) is 60.5 Å². The van der Waals surface area contributed by atoms with Gasteiger partial charge in [-0.3, -0.25) is 14.5 Å². The Morgan fingerprint density at radius 2 is 1.94 bits per heavy atom. The highest BCUT2D eigenvalue weighted by Gasteiger charge is 2.36. The Balaban J connectivity index is 1.41. The van der Waals surface area contributed by atoms with Gasteiger partial charge in [0, 0.05) is 17.1 Å². The van der Waals surface area contributed by atoms with E-state index in [9.17, 15) is 9.59 Å². The number of benzene rings is 3. The van der Waals surface area contributed by atoms with Gasteiger partial charge in [-0.1, -0.05) is 47.6 Å². The number of carbonyl (C=O) groups is 2. The molecule has 0 aromatic heterocycles. The lowest BCUT2D eigenvalue weighted by molar-refractivity contribution is -0.129. The largest absolute Gasteiger partial charge is 0.454 e. The minimum absolute atomic E-state index is 0.0570. The topological polar surface area (TPSA) is 80.2 Å². The van der Waals surface area contributed by atoms with Gasteiger partial charge in [0.2, 0.25) is 18.6 Å². The van der Waals surface area contributed by atoms with E-state index in [-0.39, 0.29) is 31.6 Å². The number of rotatable bonds is 5. The number of carbonyl (C=O) groups excluding carboxylic acids is 2. The normalized spacial score (nSPS) is 18.1. The summed E-state index contributed by atoms with van der Waals surface area (Å²) in [5.41, 5.74) is 3.19. The van der Waals surface area contributed by atoms with Gasteiger partial charge in [-0.2, -0.15) is 0 Å². The maximum atomic E-state index is 13.3. The maximum Gasteiger partial charge on any atom is 0.238 e. The number of fused-ring (bicyclic) bond motifs is 1. The summed E-state index contributed by atoms with van der Waals surface area (Å²) in [6.45, 7) is 2.42. The number of amides is 2. The average molecular weight is 508 g/mol. The number of amidine groups is 1. The van der Waals surface area contributed by atoms with Crippen LogP contribution in [0.25, 0.3) is 0 Å². The van der Waals surface area contributed by atoms with Crippen molar-refractivity contribution >= 4 is 51.7 Å². The third-order valence-corrected chi connectivity index (χ3v) is 6.95. The average Bonchev–Trinajstić information content (AvgIpc) is 3.29. The van der Waals surface area contributed by atoms with E-state index in [1.165, 1.54) is 11.8 Å². The van der Waals surface area contributed by atoms with Crippen molar-refractivity contribution in [2.75, 3.05) is 12.1 Å². The van der Waals surface area contributed by atoms with Crippen LogP contribution in [0.4, 0.5) is 11.4 Å². The summed E-state index contributed by atoms with van der Waals surface area (Å²) in [6.07, 6.45) is 0.0570. The van der Waals surface area contributed by atoms with Crippen LogP contribution < -0.4 is 14.8 Å². The van der Waals surface area contributed by atoms with Gasteiger partial charge in [0.15, 0.2) is 16.7 Å². The second kappa shape index (κ2) is 10.0. The van der Waals surface area contributed by atoms with Gasteiger partial charge in [-0.25, -0.2) is 4.99 Å². The Morgan fingerprint density at radius 3 is 2.77 bits per heavy atom. The number of aliphatic imine (C=N–C) groups is 1. The zero-order valence-electron chi connectivity index (χ0n) is 18.9. The molecule has 5 rings (SSSR count). The SMILES string of the molecule is Cc1cccc(NC(=O)C2CC(=O)N(Cc3ccc4c(c3)OCO4)C(=Nc3cccc(Cl)c3)S2)c1. The van der Waals surface area contributed by atoms with Crippen molar-refractivity contribution < 1.29 is 19.1 Å². The van der Waals surface area contributed by atoms with Gasteiger partial charge >= 0.3 is 0 Å². The predicted octanol–water partition coefficient (Wildman–Crippen LogP) is 5.54. The Labute approximate surface area is 212 Å². The van der Waals surface area contributed by atoms with Crippen molar-refractivity contribution in [3.63, 3.8) is 0 Å². The second-order valence-electron chi connectivity index (χ2n) is 8.21. The number of halogens is 1. The van der Waals surface area contributed by atoms with E-state index in [1.54, 1.807) is 29.2 Å². The third-order valence-electron chi connectivity index (χ3n) is 5.53. The molecular formula is C26H22ClN3O4S. The first-order chi connectivity index (χ1) is 16.9. The van der Waals surface area contributed by atoms with Crippen LogP contribution in [0.1, 0.15) is 17.5 Å². The number of hydrogen-bond donors (Lipinski definition) is 1. The van der Waals surface area contributed by atoms with Crippen molar-refractivity contribution in [2.24, 2.45) is 4.99 Å². The quantitative estimate of drug-likeness (QED) is 0.490. The summed E-state index contributed by atoms with van der Waals surface area (Å²) >= 11 is 7.41. The molecule has 3 aromatic carbocycles. The van der Waals surface area contributed by atoms with Crippen LogP contribution in [-0.4, -0.2) is 33.9 Å². The molecule has 2 amide bonds. The Hall–Kier alpha value is -3.49. The lowest BCUT2D eigenvalue weighted by Gasteiger charge is -2.32. The van der Waals surface area contributed by atoms with E-state index >= 15 is 0 Å². The molecule has 0 radical (unpaired) electrons. The first-order valence-corrected chi connectivity index (χ1v) is 12.3. The van der Waals surface area contributed by atoms with Crippen LogP contribution in [0.5, 0.6) is 11.5 Å². The number of thioether (sulfide) groups is 1. The highest BCUT2D eigenvalue weighted by Crippen LogP contribution is 2.35. The smallest absolute Gasteiger partial charge is 0.238 e. The van der Waals surface area contributed by atoms with Crippen LogP contribution in [-0.2, 0) is 16.1 Å². The van der Waals surface area contributed by atoms with E-state index in [1.807, 2.05) is 49.4 Å². The van der Waals surface area contributed by atoms with Crippen molar-refractivity contribution in [3.05, 3.63) is 82.9 Å². The van der Waals surface area contributed by atoms with Gasteiger partial charge in [0.1, 0.15) is 5.25 Å². The van der Waals surface area contributed by atoms with E-state index < -0.39 is 5.25 Å². The van der Waals surface area contributed by atoms with E-state index in [2.05, 4.69) is 5.32 Å². The Morgan fingerprint density at radius 1 is 1.11 bits per heavy atom. The zero-order valence-corrected chi connectivity index (χ0v) is 20.4. The molecule has 178 valence electrons. The molecule has 2 aliphatic rings. The maximum absolute atomic E-state index is 13.3. The van der Waals surface area contributed by atoms with Crippen molar-refractivity contribution in [1.29, 1.82) is 0 Å². The molecule has 3 aromatic rings. The molecule has 2 heterocycles. The standard InChI is InChI=1S/C26H22ClN3O4S/c1-16-4-2-6-19(10-16)28-25(32)23-13-24(31)30(14-17-8-9-21-22(11-17)34-15-33-21)26(35-23)29-20-7-3-5-18(27)12-20/h2-12,23H,13-15H2,1H3,(H,28,32). The zero-order chi connectivity index (χ0) is 24.4. The number of hydrogen-bond acceptors (Lipinski definition) is 6. The monoisotopic (exact) mass is 507 g/mol. The van der Waals surface area contributed by atoms with E-state index in [4.69, 9.17) is 26.1 Å². The highest BCUT2D eigenvalue weighted by molar-refractivity contribution is 8.15. The molecule has 1 N–H and O–H groups in total. The molecule has 1 fully saturated rings. The molecule has 0 aliphatic carbocycles. The molecule has 0 bridgehead atoms. The number of nitrogens with zero attached hydrogens (tertiary/aromatic N) is 2. The summed E-state index contributed by atoms with van der Waals surface area (Å²) < 4.78 is 10.9. The fourth-order valence-corrected chi connectivity index (χ4v) is 5.10. The van der Waals surface area contributed by atoms with Gasteiger partial charge < -0.3 is 14.8 Å². The molecule has 7 nitrogen and oxygen atoms in total. The lowest BCUT2D eigenvalue weighted by atomic mass is 10.1. The van der Waals surface area contributed by atoms with E-state index in [0.717, 1.165) is 11.1 Å². The van der Waals surface area contributed by atoms with Crippen molar-refractivity contribution in [2.45, 2.75) is 25.1 Å². The van der Waals surface area contributed by atoms with Crippen LogP contribution in [0.15, 0.2) is 71.7 Å². The lowest BCUT2D eigenvalue weighted by Crippen LogP contribution is -2.44. The summed E-state index contributed by atoms with van der Waals surface area (Å²) in [6, 6.07) is 20.2. The Kier molecular flexibility index (Phi) is 6.66. The van der Waals surface area contributed by atoms with Gasteiger partial charge in [-0.15, -0.1) is 0 Å². The van der Waals surface area contributed by atoms with Crippen molar-refractivity contribution in [3.8, 4) is 11.5 Å². The van der Waals surface area contributed by atoms with Gasteiger partial charge in [0.05, 0.1) is 12.2 Å². The Bertz CT molecular complexity index is 1330. The first kappa shape index (κ1) is 23.3. The highest BCUT2D eigenvalue weighted by atomic mass is 35.5. The molecule has 35 heavy (non-hydrogen) atoms. The molecular weight excluding hydrogens is 486 g/mol. The first-order valence-electron chi connectivity index (χ1n) is 11.0. The molecule has 1 unspecified atom stereocenters. The number of anilines is 1. The van der Waals surface area contributed by atoms with Crippen LogP contribution in [0.2, 0.25) is 5.02 Å². The fourth-order valence-electron chi connectivity index (χ4n) is 3.82. The molecule has 1 saturated heterocycles. The molecule has 2 aliphatic heterocycles. The molecule has 0 saturated carbocycles. The predicted molar refractivity (Wildman–Crippen MR) is 137 cm³/mol. The number of ether oxygens (including phenoxy) is 2. The van der Waals surface area contributed by atoms with Crippen LogP contribution in [0.3, 0.4) is 0 Å². The van der Waals surface area contributed by atoms with Crippen LogP contribution >= 0.6 is 23.4 Å². The minimum atomic E-state index is -0.617.